The fraction of sp³-hybridized carbons (Fsp3) is 0.133. The molecule has 2 aromatic rings. The van der Waals surface area contributed by atoms with Crippen molar-refractivity contribution >= 4 is 44.4 Å². The number of rotatable bonds is 4. The Labute approximate surface area is 140 Å². The van der Waals surface area contributed by atoms with Gasteiger partial charge in [-0.05, 0) is 74.4 Å². The molecule has 0 aliphatic carbocycles. The lowest BCUT2D eigenvalue weighted by Crippen LogP contribution is -2.23. The van der Waals surface area contributed by atoms with Crippen LogP contribution in [-0.2, 0) is 6.54 Å². The third kappa shape index (κ3) is 3.96. The molecule has 2 aromatic carbocycles. The normalized spacial score (nSPS) is 10.2. The summed E-state index contributed by atoms with van der Waals surface area (Å²) in [5.74, 6) is 0.714. The monoisotopic (exact) mass is 445 g/mol. The molecule has 0 fully saturated rings. The van der Waals surface area contributed by atoms with Gasteiger partial charge in [-0.2, -0.15) is 0 Å². The van der Waals surface area contributed by atoms with E-state index in [1.165, 1.54) is 0 Å². The SMILES string of the molecule is COc1ccc(CNC(=O)c2cc(I)ccc2Br)cc1. The highest BCUT2D eigenvalue weighted by Gasteiger charge is 2.10. The molecule has 0 atom stereocenters. The Bertz CT molecular complexity index is 614. The molecule has 0 saturated carbocycles. The molecule has 0 aliphatic heterocycles. The Kier molecular flexibility index (Phi) is 5.42. The van der Waals surface area contributed by atoms with Crippen LogP contribution < -0.4 is 10.1 Å². The summed E-state index contributed by atoms with van der Waals surface area (Å²) in [5.41, 5.74) is 1.67. The van der Waals surface area contributed by atoms with Crippen LogP contribution in [0.3, 0.4) is 0 Å². The first kappa shape index (κ1) is 15.3. The highest BCUT2D eigenvalue weighted by atomic mass is 127. The maximum atomic E-state index is 12.1. The molecule has 0 aromatic heterocycles. The number of carbonyl (C=O) groups is 1. The zero-order chi connectivity index (χ0) is 14.5. The van der Waals surface area contributed by atoms with Gasteiger partial charge in [0.25, 0.3) is 5.91 Å². The van der Waals surface area contributed by atoms with E-state index < -0.39 is 0 Å². The molecule has 0 saturated heterocycles. The first-order valence-electron chi connectivity index (χ1n) is 5.96. The van der Waals surface area contributed by atoms with Crippen molar-refractivity contribution < 1.29 is 9.53 Å². The van der Waals surface area contributed by atoms with Crippen LogP contribution >= 0.6 is 38.5 Å². The van der Waals surface area contributed by atoms with Gasteiger partial charge >= 0.3 is 0 Å². The lowest BCUT2D eigenvalue weighted by molar-refractivity contribution is 0.0950. The number of benzene rings is 2. The maximum Gasteiger partial charge on any atom is 0.252 e. The zero-order valence-electron chi connectivity index (χ0n) is 10.8. The molecule has 0 aliphatic rings. The molecule has 5 heteroatoms. The molecular weight excluding hydrogens is 433 g/mol. The average molecular weight is 446 g/mol. The van der Waals surface area contributed by atoms with Gasteiger partial charge in [0.15, 0.2) is 0 Å². The third-order valence-electron chi connectivity index (χ3n) is 2.79. The molecular formula is C15H13BrINO2. The van der Waals surface area contributed by atoms with E-state index in [1.807, 2.05) is 42.5 Å². The quantitative estimate of drug-likeness (QED) is 0.722. The third-order valence-corrected chi connectivity index (χ3v) is 4.15. The lowest BCUT2D eigenvalue weighted by Gasteiger charge is -2.08. The predicted molar refractivity (Wildman–Crippen MR) is 91.0 cm³/mol. The van der Waals surface area contributed by atoms with Gasteiger partial charge in [-0.15, -0.1) is 0 Å². The van der Waals surface area contributed by atoms with Crippen molar-refractivity contribution in [3.63, 3.8) is 0 Å². The van der Waals surface area contributed by atoms with Crippen LogP contribution in [0.1, 0.15) is 15.9 Å². The summed E-state index contributed by atoms with van der Waals surface area (Å²) in [6.07, 6.45) is 0. The van der Waals surface area contributed by atoms with Crippen molar-refractivity contribution in [3.05, 3.63) is 61.6 Å². The van der Waals surface area contributed by atoms with Gasteiger partial charge in [-0.3, -0.25) is 4.79 Å². The molecule has 0 spiro atoms. The van der Waals surface area contributed by atoms with E-state index in [-0.39, 0.29) is 5.91 Å². The number of amides is 1. The van der Waals surface area contributed by atoms with Crippen LogP contribution in [0.25, 0.3) is 0 Å². The number of hydrogen-bond donors (Lipinski definition) is 1. The number of hydrogen-bond acceptors (Lipinski definition) is 2. The average Bonchev–Trinajstić information content (AvgIpc) is 2.47. The zero-order valence-corrected chi connectivity index (χ0v) is 14.6. The van der Waals surface area contributed by atoms with Crippen LogP contribution in [0, 0.1) is 3.57 Å². The smallest absolute Gasteiger partial charge is 0.252 e. The predicted octanol–water partition coefficient (Wildman–Crippen LogP) is 3.99. The fourth-order valence-corrected chi connectivity index (χ4v) is 2.61. The van der Waals surface area contributed by atoms with E-state index in [4.69, 9.17) is 4.74 Å². The second-order valence-corrected chi connectivity index (χ2v) is 6.25. The molecule has 0 heterocycles. The number of ether oxygens (including phenoxy) is 1. The number of halogens is 2. The van der Waals surface area contributed by atoms with E-state index in [1.54, 1.807) is 7.11 Å². The van der Waals surface area contributed by atoms with Gasteiger partial charge in [-0.1, -0.05) is 12.1 Å². The Hall–Kier alpha value is -1.08. The first-order valence-corrected chi connectivity index (χ1v) is 7.83. The Morgan fingerprint density at radius 3 is 2.60 bits per heavy atom. The van der Waals surface area contributed by atoms with Crippen molar-refractivity contribution in [3.8, 4) is 5.75 Å². The Morgan fingerprint density at radius 1 is 1.25 bits per heavy atom. The second-order valence-electron chi connectivity index (χ2n) is 4.15. The second kappa shape index (κ2) is 7.08. The molecule has 3 nitrogen and oxygen atoms in total. The van der Waals surface area contributed by atoms with Crippen molar-refractivity contribution in [1.29, 1.82) is 0 Å². The Balaban J connectivity index is 2.02. The summed E-state index contributed by atoms with van der Waals surface area (Å²) in [6.45, 7) is 0.487. The number of nitrogens with one attached hydrogen (secondary N) is 1. The van der Waals surface area contributed by atoms with Gasteiger partial charge in [0.1, 0.15) is 5.75 Å². The molecule has 1 N–H and O–H groups in total. The van der Waals surface area contributed by atoms with Crippen LogP contribution in [0.2, 0.25) is 0 Å². The summed E-state index contributed by atoms with van der Waals surface area (Å²) in [4.78, 5) is 12.1. The standard InChI is InChI=1S/C15H13BrINO2/c1-20-12-5-2-10(3-6-12)9-18-15(19)13-8-11(17)4-7-14(13)16/h2-8H,9H2,1H3,(H,18,19). The summed E-state index contributed by atoms with van der Waals surface area (Å²) in [6, 6.07) is 13.3. The van der Waals surface area contributed by atoms with Gasteiger partial charge < -0.3 is 10.1 Å². The van der Waals surface area contributed by atoms with Crippen LogP contribution in [0.5, 0.6) is 5.75 Å². The van der Waals surface area contributed by atoms with Gasteiger partial charge in [0.2, 0.25) is 0 Å². The van der Waals surface area contributed by atoms with E-state index in [9.17, 15) is 4.79 Å². The van der Waals surface area contributed by atoms with E-state index in [2.05, 4.69) is 43.8 Å². The van der Waals surface area contributed by atoms with Gasteiger partial charge in [-0.25, -0.2) is 0 Å². The molecule has 1 amide bonds. The fourth-order valence-electron chi connectivity index (χ4n) is 1.69. The number of methoxy groups -OCH3 is 1. The van der Waals surface area contributed by atoms with E-state index >= 15 is 0 Å². The van der Waals surface area contributed by atoms with Crippen molar-refractivity contribution in [2.45, 2.75) is 6.54 Å². The summed E-state index contributed by atoms with van der Waals surface area (Å²) in [7, 11) is 1.63. The van der Waals surface area contributed by atoms with Crippen LogP contribution in [0.4, 0.5) is 0 Å². The minimum atomic E-state index is -0.0915. The molecule has 2 rings (SSSR count). The van der Waals surface area contributed by atoms with Crippen molar-refractivity contribution in [2.24, 2.45) is 0 Å². The minimum Gasteiger partial charge on any atom is -0.497 e. The van der Waals surface area contributed by atoms with Gasteiger partial charge in [0.05, 0.1) is 12.7 Å². The topological polar surface area (TPSA) is 38.3 Å². The van der Waals surface area contributed by atoms with Crippen LogP contribution in [-0.4, -0.2) is 13.0 Å². The summed E-state index contributed by atoms with van der Waals surface area (Å²) >= 11 is 5.58. The molecule has 0 bridgehead atoms. The van der Waals surface area contributed by atoms with Crippen molar-refractivity contribution in [1.82, 2.24) is 5.32 Å². The largest absolute Gasteiger partial charge is 0.497 e. The highest BCUT2D eigenvalue weighted by molar-refractivity contribution is 14.1. The first-order chi connectivity index (χ1) is 9.60. The molecule has 20 heavy (non-hydrogen) atoms. The summed E-state index contributed by atoms with van der Waals surface area (Å²) < 4.78 is 6.92. The van der Waals surface area contributed by atoms with E-state index in [0.717, 1.165) is 19.4 Å². The highest BCUT2D eigenvalue weighted by Crippen LogP contribution is 2.19. The minimum absolute atomic E-state index is 0.0915. The van der Waals surface area contributed by atoms with E-state index in [0.29, 0.717) is 12.1 Å². The lowest BCUT2D eigenvalue weighted by atomic mass is 10.2. The van der Waals surface area contributed by atoms with Crippen molar-refractivity contribution in [2.75, 3.05) is 7.11 Å². The van der Waals surface area contributed by atoms with Crippen LogP contribution in [0.15, 0.2) is 46.9 Å². The molecule has 0 unspecified atom stereocenters. The molecule has 0 radical (unpaired) electrons. The van der Waals surface area contributed by atoms with Gasteiger partial charge in [0, 0.05) is 14.6 Å². The number of carbonyl (C=O) groups excluding carboxylic acids is 1. The maximum absolute atomic E-state index is 12.1. The Morgan fingerprint density at radius 2 is 1.95 bits per heavy atom. The summed E-state index contributed by atoms with van der Waals surface area (Å²) in [5, 5.41) is 2.91. The molecule has 104 valence electrons.